The highest BCUT2D eigenvalue weighted by molar-refractivity contribution is 8.00. The number of primary amides is 1. The number of hydrogen-bond donors (Lipinski definition) is 4. The van der Waals surface area contributed by atoms with Crippen molar-refractivity contribution in [3.05, 3.63) is 161 Å². The van der Waals surface area contributed by atoms with Crippen molar-refractivity contribution in [1.82, 2.24) is 5.32 Å². The molecule has 0 heterocycles. The zero-order chi connectivity index (χ0) is 33.9. The number of methoxy groups -OCH3 is 1. The molecule has 0 aliphatic rings. The molecular weight excluding hydrogens is 625 g/mol. The summed E-state index contributed by atoms with van der Waals surface area (Å²) < 4.78 is 5.23. The Balaban J connectivity index is 1.36. The average Bonchev–Trinajstić information content (AvgIpc) is 3.11. The van der Waals surface area contributed by atoms with E-state index in [9.17, 15) is 19.2 Å². The summed E-state index contributed by atoms with van der Waals surface area (Å²) in [5, 5.41) is 7.89. The van der Waals surface area contributed by atoms with E-state index in [4.69, 9.17) is 10.5 Å². The third kappa shape index (κ3) is 8.99. The Morgan fingerprint density at radius 1 is 0.708 bits per heavy atom. The molecule has 5 aromatic rings. The van der Waals surface area contributed by atoms with Crippen LogP contribution in [0.4, 0.5) is 11.4 Å². The van der Waals surface area contributed by atoms with Crippen LogP contribution in [-0.4, -0.2) is 30.7 Å². The van der Waals surface area contributed by atoms with E-state index in [2.05, 4.69) is 16.0 Å². The molecule has 1 atom stereocenters. The molecule has 0 aliphatic heterocycles. The SMILES string of the molecule is COc1ccc(/C=C(/NC(=O)c2ccccc2)C(=O)Nc2cccc(SC(C(=O)Nc3ccc(C(N)=O)cc3)c3ccccc3)c2)cc1. The van der Waals surface area contributed by atoms with Crippen LogP contribution in [0.2, 0.25) is 0 Å². The predicted octanol–water partition coefficient (Wildman–Crippen LogP) is 6.68. The molecule has 10 heteroatoms. The number of benzene rings is 5. The van der Waals surface area contributed by atoms with Crippen molar-refractivity contribution in [2.24, 2.45) is 5.73 Å². The number of rotatable bonds is 12. The molecule has 48 heavy (non-hydrogen) atoms. The topological polar surface area (TPSA) is 140 Å². The van der Waals surface area contributed by atoms with Crippen molar-refractivity contribution < 1.29 is 23.9 Å². The molecule has 4 amide bonds. The van der Waals surface area contributed by atoms with E-state index in [0.717, 1.165) is 10.5 Å². The second kappa shape index (κ2) is 15.9. The molecule has 0 saturated heterocycles. The van der Waals surface area contributed by atoms with Crippen LogP contribution >= 0.6 is 11.8 Å². The van der Waals surface area contributed by atoms with Crippen LogP contribution in [0, 0.1) is 0 Å². The van der Waals surface area contributed by atoms with E-state index in [1.165, 1.54) is 11.8 Å². The second-order valence-corrected chi connectivity index (χ2v) is 11.7. The minimum absolute atomic E-state index is 0.0379. The van der Waals surface area contributed by atoms with Crippen LogP contribution in [-0.2, 0) is 9.59 Å². The van der Waals surface area contributed by atoms with Crippen molar-refractivity contribution in [1.29, 1.82) is 0 Å². The van der Waals surface area contributed by atoms with E-state index < -0.39 is 23.0 Å². The lowest BCUT2D eigenvalue weighted by Gasteiger charge is -2.18. The summed E-state index contributed by atoms with van der Waals surface area (Å²) in [4.78, 5) is 52.4. The summed E-state index contributed by atoms with van der Waals surface area (Å²) in [7, 11) is 1.57. The van der Waals surface area contributed by atoms with E-state index in [-0.39, 0.29) is 11.6 Å². The molecule has 5 N–H and O–H groups in total. The van der Waals surface area contributed by atoms with Gasteiger partial charge in [-0.05, 0) is 83.9 Å². The first-order valence-corrected chi connectivity index (χ1v) is 15.7. The van der Waals surface area contributed by atoms with Gasteiger partial charge < -0.3 is 26.4 Å². The van der Waals surface area contributed by atoms with Gasteiger partial charge in [0.05, 0.1) is 7.11 Å². The fourth-order valence-corrected chi connectivity index (χ4v) is 5.70. The number of carbonyl (C=O) groups is 4. The molecule has 0 aliphatic carbocycles. The van der Waals surface area contributed by atoms with Crippen molar-refractivity contribution in [2.75, 3.05) is 17.7 Å². The lowest BCUT2D eigenvalue weighted by molar-refractivity contribution is -0.116. The van der Waals surface area contributed by atoms with Crippen LogP contribution < -0.4 is 26.4 Å². The maximum absolute atomic E-state index is 13.6. The predicted molar refractivity (Wildman–Crippen MR) is 189 cm³/mol. The molecule has 5 aromatic carbocycles. The average molecular weight is 657 g/mol. The van der Waals surface area contributed by atoms with Gasteiger partial charge in [-0.2, -0.15) is 0 Å². The summed E-state index contributed by atoms with van der Waals surface area (Å²) >= 11 is 1.31. The molecule has 5 rings (SSSR count). The summed E-state index contributed by atoms with van der Waals surface area (Å²) in [6.07, 6.45) is 1.58. The van der Waals surface area contributed by atoms with E-state index in [0.29, 0.717) is 33.8 Å². The Bertz CT molecular complexity index is 1930. The summed E-state index contributed by atoms with van der Waals surface area (Å²) in [5.41, 5.74) is 8.55. The lowest BCUT2D eigenvalue weighted by Crippen LogP contribution is -2.30. The molecule has 0 spiro atoms. The minimum Gasteiger partial charge on any atom is -0.497 e. The minimum atomic E-state index is -0.649. The van der Waals surface area contributed by atoms with Crippen LogP contribution in [0.15, 0.2) is 144 Å². The number of anilines is 2. The lowest BCUT2D eigenvalue weighted by atomic mass is 10.1. The van der Waals surface area contributed by atoms with Gasteiger partial charge in [0.25, 0.3) is 11.8 Å². The number of thioether (sulfide) groups is 1. The Hall–Kier alpha value is -6.13. The van der Waals surface area contributed by atoms with Gasteiger partial charge in [-0.1, -0.05) is 66.7 Å². The number of ether oxygens (including phenoxy) is 1. The Morgan fingerprint density at radius 2 is 1.38 bits per heavy atom. The van der Waals surface area contributed by atoms with Gasteiger partial charge in [-0.15, -0.1) is 11.8 Å². The normalized spacial score (nSPS) is 11.6. The van der Waals surface area contributed by atoms with Gasteiger partial charge in [0.15, 0.2) is 0 Å². The molecule has 0 fully saturated rings. The van der Waals surface area contributed by atoms with Crippen molar-refractivity contribution in [2.45, 2.75) is 10.1 Å². The number of carbonyl (C=O) groups excluding carboxylic acids is 4. The highest BCUT2D eigenvalue weighted by Crippen LogP contribution is 2.37. The van der Waals surface area contributed by atoms with Gasteiger partial charge in [0.1, 0.15) is 16.7 Å². The van der Waals surface area contributed by atoms with Gasteiger partial charge in [-0.25, -0.2) is 0 Å². The number of nitrogens with two attached hydrogens (primary N) is 1. The molecular formula is C38H32N4O5S. The van der Waals surface area contributed by atoms with Crippen molar-refractivity contribution >= 4 is 52.8 Å². The highest BCUT2D eigenvalue weighted by atomic mass is 32.2. The van der Waals surface area contributed by atoms with E-state index in [1.807, 2.05) is 36.4 Å². The van der Waals surface area contributed by atoms with Crippen LogP contribution in [0.3, 0.4) is 0 Å². The number of amides is 4. The summed E-state index contributed by atoms with van der Waals surface area (Å²) in [5.74, 6) is -1.14. The molecule has 9 nitrogen and oxygen atoms in total. The standard InChI is InChI=1S/C38H32N4O5S/c1-47-31-21-15-25(16-22-31)23-33(42-36(44)28-11-6-3-7-12-28)37(45)41-30-13-8-14-32(24-30)48-34(26-9-4-2-5-10-26)38(46)40-29-19-17-27(18-20-29)35(39)43/h2-24,34H,1H3,(H2,39,43)(H,40,46)(H,41,45)(H,42,44)/b33-23+. The highest BCUT2D eigenvalue weighted by Gasteiger charge is 2.23. The first-order valence-electron chi connectivity index (χ1n) is 14.8. The largest absolute Gasteiger partial charge is 0.497 e. The molecule has 0 bridgehead atoms. The molecule has 1 unspecified atom stereocenters. The zero-order valence-electron chi connectivity index (χ0n) is 25.9. The molecule has 0 radical (unpaired) electrons. The Labute approximate surface area is 282 Å². The van der Waals surface area contributed by atoms with Crippen LogP contribution in [0.5, 0.6) is 5.75 Å². The first kappa shape index (κ1) is 33.2. The third-order valence-electron chi connectivity index (χ3n) is 7.08. The maximum Gasteiger partial charge on any atom is 0.272 e. The zero-order valence-corrected chi connectivity index (χ0v) is 26.7. The van der Waals surface area contributed by atoms with E-state index >= 15 is 0 Å². The maximum atomic E-state index is 13.6. The fraction of sp³-hybridized carbons (Fsp3) is 0.0526. The Kier molecular flexibility index (Phi) is 11.0. The van der Waals surface area contributed by atoms with Gasteiger partial charge in [0, 0.05) is 27.4 Å². The molecule has 240 valence electrons. The quantitative estimate of drug-likeness (QED) is 0.0873. The summed E-state index contributed by atoms with van der Waals surface area (Å²) in [6, 6.07) is 38.4. The monoisotopic (exact) mass is 656 g/mol. The third-order valence-corrected chi connectivity index (χ3v) is 8.33. The summed E-state index contributed by atoms with van der Waals surface area (Å²) in [6.45, 7) is 0. The molecule has 0 saturated carbocycles. The van der Waals surface area contributed by atoms with E-state index in [1.54, 1.807) is 110 Å². The fourth-order valence-electron chi connectivity index (χ4n) is 4.62. The first-order chi connectivity index (χ1) is 23.3. The number of nitrogens with one attached hydrogen (secondary N) is 3. The molecule has 0 aromatic heterocycles. The Morgan fingerprint density at radius 3 is 2.02 bits per heavy atom. The number of hydrogen-bond acceptors (Lipinski definition) is 6. The van der Waals surface area contributed by atoms with Crippen molar-refractivity contribution in [3.8, 4) is 5.75 Å². The van der Waals surface area contributed by atoms with Crippen LogP contribution in [0.1, 0.15) is 37.1 Å². The van der Waals surface area contributed by atoms with Gasteiger partial charge >= 0.3 is 0 Å². The van der Waals surface area contributed by atoms with Crippen LogP contribution in [0.25, 0.3) is 6.08 Å². The smallest absolute Gasteiger partial charge is 0.272 e. The van der Waals surface area contributed by atoms with Gasteiger partial charge in [0.2, 0.25) is 11.8 Å². The second-order valence-electron chi connectivity index (χ2n) is 10.5. The van der Waals surface area contributed by atoms with Gasteiger partial charge in [-0.3, -0.25) is 19.2 Å². The van der Waals surface area contributed by atoms with Crippen molar-refractivity contribution in [3.63, 3.8) is 0 Å².